The Kier molecular flexibility index (Phi) is 3.93. The van der Waals surface area contributed by atoms with Crippen LogP contribution in [0.2, 0.25) is 0 Å². The summed E-state index contributed by atoms with van der Waals surface area (Å²) in [5.74, 6) is -0.178. The molecular formula is C16H13F3O. The molecule has 0 fully saturated rings. The van der Waals surface area contributed by atoms with E-state index in [1.807, 2.05) is 6.07 Å². The van der Waals surface area contributed by atoms with Gasteiger partial charge in [0.15, 0.2) is 5.78 Å². The van der Waals surface area contributed by atoms with E-state index in [4.69, 9.17) is 0 Å². The number of rotatable bonds is 3. The Balaban J connectivity index is 2.23. The summed E-state index contributed by atoms with van der Waals surface area (Å²) in [4.78, 5) is 12.1. The largest absolute Gasteiger partial charge is 0.416 e. The Morgan fingerprint density at radius 1 is 1.05 bits per heavy atom. The molecule has 2 rings (SSSR count). The molecule has 0 bridgehead atoms. The molecule has 0 radical (unpaired) electrons. The Bertz CT molecular complexity index is 630. The molecule has 0 N–H and O–H groups in total. The monoisotopic (exact) mass is 278 g/mol. The molecule has 2 aromatic carbocycles. The van der Waals surface area contributed by atoms with Gasteiger partial charge in [-0.05, 0) is 24.1 Å². The zero-order valence-corrected chi connectivity index (χ0v) is 10.9. The molecular weight excluding hydrogens is 265 g/mol. The van der Waals surface area contributed by atoms with Crippen molar-refractivity contribution in [3.63, 3.8) is 0 Å². The topological polar surface area (TPSA) is 17.1 Å². The van der Waals surface area contributed by atoms with Gasteiger partial charge in [0, 0.05) is 12.0 Å². The standard InChI is InChI=1S/C16H13F3O/c1-11-5-2-3-8-14(11)15(20)10-12-6-4-7-13(9-12)16(17,18)19/h2-9H,10H2,1H3. The molecule has 0 aliphatic rings. The second-order valence-electron chi connectivity index (χ2n) is 4.61. The Morgan fingerprint density at radius 3 is 2.40 bits per heavy atom. The lowest BCUT2D eigenvalue weighted by molar-refractivity contribution is -0.137. The van der Waals surface area contributed by atoms with Crippen molar-refractivity contribution in [2.24, 2.45) is 0 Å². The molecule has 0 aliphatic heterocycles. The quantitative estimate of drug-likeness (QED) is 0.759. The number of carbonyl (C=O) groups excluding carboxylic acids is 1. The van der Waals surface area contributed by atoms with E-state index < -0.39 is 11.7 Å². The van der Waals surface area contributed by atoms with Crippen LogP contribution in [-0.2, 0) is 12.6 Å². The molecule has 0 aliphatic carbocycles. The van der Waals surface area contributed by atoms with Gasteiger partial charge in [-0.25, -0.2) is 0 Å². The predicted molar refractivity (Wildman–Crippen MR) is 70.7 cm³/mol. The third kappa shape index (κ3) is 3.26. The first kappa shape index (κ1) is 14.3. The highest BCUT2D eigenvalue weighted by molar-refractivity contribution is 5.98. The fourth-order valence-electron chi connectivity index (χ4n) is 2.02. The van der Waals surface area contributed by atoms with E-state index in [-0.39, 0.29) is 12.2 Å². The number of aryl methyl sites for hydroxylation is 1. The van der Waals surface area contributed by atoms with E-state index >= 15 is 0 Å². The minimum Gasteiger partial charge on any atom is -0.294 e. The normalized spacial score (nSPS) is 11.4. The van der Waals surface area contributed by atoms with Crippen molar-refractivity contribution in [3.05, 3.63) is 70.8 Å². The van der Waals surface area contributed by atoms with Gasteiger partial charge in [-0.2, -0.15) is 13.2 Å². The molecule has 104 valence electrons. The molecule has 4 heteroatoms. The first-order valence-electron chi connectivity index (χ1n) is 6.13. The van der Waals surface area contributed by atoms with E-state index in [0.29, 0.717) is 11.1 Å². The molecule has 0 unspecified atom stereocenters. The van der Waals surface area contributed by atoms with E-state index in [1.54, 1.807) is 25.1 Å². The average Bonchev–Trinajstić information content (AvgIpc) is 2.38. The molecule has 0 saturated carbocycles. The van der Waals surface area contributed by atoms with Gasteiger partial charge in [0.05, 0.1) is 5.56 Å². The summed E-state index contributed by atoms with van der Waals surface area (Å²) in [5, 5.41) is 0. The van der Waals surface area contributed by atoms with Gasteiger partial charge < -0.3 is 0 Å². The SMILES string of the molecule is Cc1ccccc1C(=O)Cc1cccc(C(F)(F)F)c1. The van der Waals surface area contributed by atoms with Crippen molar-refractivity contribution in [1.82, 2.24) is 0 Å². The molecule has 2 aromatic rings. The van der Waals surface area contributed by atoms with Crippen LogP contribution in [0.4, 0.5) is 13.2 Å². The number of carbonyl (C=O) groups is 1. The molecule has 0 heterocycles. The smallest absolute Gasteiger partial charge is 0.294 e. The van der Waals surface area contributed by atoms with E-state index in [9.17, 15) is 18.0 Å². The second kappa shape index (κ2) is 5.49. The van der Waals surface area contributed by atoms with Gasteiger partial charge in [-0.15, -0.1) is 0 Å². The molecule has 0 saturated heterocycles. The van der Waals surface area contributed by atoms with Crippen LogP contribution >= 0.6 is 0 Å². The maximum Gasteiger partial charge on any atom is 0.416 e. The molecule has 20 heavy (non-hydrogen) atoms. The van der Waals surface area contributed by atoms with Gasteiger partial charge in [-0.3, -0.25) is 4.79 Å². The van der Waals surface area contributed by atoms with Crippen LogP contribution in [0.3, 0.4) is 0 Å². The summed E-state index contributed by atoms with van der Waals surface area (Å²) in [6.07, 6.45) is -4.42. The highest BCUT2D eigenvalue weighted by Gasteiger charge is 2.30. The average molecular weight is 278 g/mol. The Morgan fingerprint density at radius 2 is 1.75 bits per heavy atom. The summed E-state index contributed by atoms with van der Waals surface area (Å²) in [7, 11) is 0. The molecule has 1 nitrogen and oxygen atoms in total. The number of halogens is 3. The lowest BCUT2D eigenvalue weighted by Gasteiger charge is -2.09. The van der Waals surface area contributed by atoms with Crippen LogP contribution in [0.25, 0.3) is 0 Å². The maximum atomic E-state index is 12.6. The highest BCUT2D eigenvalue weighted by atomic mass is 19.4. The number of benzene rings is 2. The minimum absolute atomic E-state index is 0.0330. The minimum atomic E-state index is -4.39. The first-order valence-corrected chi connectivity index (χ1v) is 6.13. The van der Waals surface area contributed by atoms with Gasteiger partial charge in [0.25, 0.3) is 0 Å². The summed E-state index contributed by atoms with van der Waals surface area (Å²) in [5.41, 5.74) is 1.01. The molecule has 0 aromatic heterocycles. The third-order valence-corrected chi connectivity index (χ3v) is 3.06. The van der Waals surface area contributed by atoms with Crippen molar-refractivity contribution in [1.29, 1.82) is 0 Å². The number of alkyl halides is 3. The van der Waals surface area contributed by atoms with E-state index in [0.717, 1.165) is 17.7 Å². The van der Waals surface area contributed by atoms with E-state index in [1.165, 1.54) is 12.1 Å². The summed E-state index contributed by atoms with van der Waals surface area (Å²) >= 11 is 0. The molecule has 0 spiro atoms. The van der Waals surface area contributed by atoms with Crippen LogP contribution < -0.4 is 0 Å². The van der Waals surface area contributed by atoms with Crippen molar-refractivity contribution >= 4 is 5.78 Å². The van der Waals surface area contributed by atoms with Crippen molar-refractivity contribution in [3.8, 4) is 0 Å². The van der Waals surface area contributed by atoms with Gasteiger partial charge >= 0.3 is 6.18 Å². The fourth-order valence-corrected chi connectivity index (χ4v) is 2.02. The van der Waals surface area contributed by atoms with Crippen molar-refractivity contribution in [2.45, 2.75) is 19.5 Å². The van der Waals surface area contributed by atoms with Crippen LogP contribution in [0.5, 0.6) is 0 Å². The zero-order chi connectivity index (χ0) is 14.8. The fraction of sp³-hybridized carbons (Fsp3) is 0.188. The second-order valence-corrected chi connectivity index (χ2v) is 4.61. The van der Waals surface area contributed by atoms with Crippen LogP contribution in [0, 0.1) is 6.92 Å². The van der Waals surface area contributed by atoms with Crippen molar-refractivity contribution < 1.29 is 18.0 Å². The van der Waals surface area contributed by atoms with Crippen molar-refractivity contribution in [2.75, 3.05) is 0 Å². The summed E-state index contributed by atoms with van der Waals surface area (Å²) in [6, 6.07) is 11.9. The van der Waals surface area contributed by atoms with Crippen LogP contribution in [-0.4, -0.2) is 5.78 Å². The third-order valence-electron chi connectivity index (χ3n) is 3.06. The van der Waals surface area contributed by atoms with Gasteiger partial charge in [0.1, 0.15) is 0 Å². The van der Waals surface area contributed by atoms with Crippen LogP contribution in [0.1, 0.15) is 27.0 Å². The molecule has 0 amide bonds. The lowest BCUT2D eigenvalue weighted by Crippen LogP contribution is -2.08. The Hall–Kier alpha value is -2.10. The number of hydrogen-bond donors (Lipinski definition) is 0. The Labute approximate surface area is 115 Å². The lowest BCUT2D eigenvalue weighted by atomic mass is 9.98. The number of ketones is 1. The summed E-state index contributed by atoms with van der Waals surface area (Å²) < 4.78 is 37.8. The number of Topliss-reactive ketones (excluding diaryl/α,β-unsaturated/α-hetero) is 1. The first-order chi connectivity index (χ1) is 9.38. The van der Waals surface area contributed by atoms with Gasteiger partial charge in [-0.1, -0.05) is 42.5 Å². The molecule has 0 atom stereocenters. The van der Waals surface area contributed by atoms with Gasteiger partial charge in [0.2, 0.25) is 0 Å². The van der Waals surface area contributed by atoms with Crippen LogP contribution in [0.15, 0.2) is 48.5 Å². The van der Waals surface area contributed by atoms with E-state index in [2.05, 4.69) is 0 Å². The zero-order valence-electron chi connectivity index (χ0n) is 10.9. The number of hydrogen-bond acceptors (Lipinski definition) is 1. The predicted octanol–water partition coefficient (Wildman–Crippen LogP) is 4.44. The summed E-state index contributed by atoms with van der Waals surface area (Å²) in [6.45, 7) is 1.80. The highest BCUT2D eigenvalue weighted by Crippen LogP contribution is 2.29. The maximum absolute atomic E-state index is 12.6.